The maximum atomic E-state index is 11.8. The van der Waals surface area contributed by atoms with E-state index in [2.05, 4.69) is 26.2 Å². The van der Waals surface area contributed by atoms with Crippen LogP contribution in [0.15, 0.2) is 72.0 Å². The molecule has 0 atom stereocenters. The molecule has 1 amide bonds. The lowest BCUT2D eigenvalue weighted by molar-refractivity contribution is -0.119. The topological polar surface area (TPSA) is 93.4 Å². The Labute approximate surface area is 168 Å². The van der Waals surface area contributed by atoms with E-state index in [4.69, 9.17) is 4.74 Å². The number of ether oxygens (including phenoxy) is 1. The third-order valence-electron chi connectivity index (χ3n) is 3.90. The van der Waals surface area contributed by atoms with Gasteiger partial charge in [0, 0.05) is 11.9 Å². The molecule has 1 heterocycles. The summed E-state index contributed by atoms with van der Waals surface area (Å²) in [5, 5.41) is 15.0. The molecule has 0 aliphatic carbocycles. The number of amides is 1. The minimum absolute atomic E-state index is 0.112. The van der Waals surface area contributed by atoms with Gasteiger partial charge in [-0.05, 0) is 42.0 Å². The molecule has 2 aromatic carbocycles. The second kappa shape index (κ2) is 10.4. The Morgan fingerprint density at radius 3 is 2.72 bits per heavy atom. The van der Waals surface area contributed by atoms with Crippen LogP contribution in [0, 0.1) is 0 Å². The molecule has 0 saturated carbocycles. The monoisotopic (exact) mass is 390 g/mol. The van der Waals surface area contributed by atoms with Crippen molar-refractivity contribution in [3.8, 4) is 5.75 Å². The first kappa shape index (κ1) is 19.8. The molecule has 0 aliphatic heterocycles. The fourth-order valence-electron chi connectivity index (χ4n) is 2.46. The van der Waals surface area contributed by atoms with Gasteiger partial charge in [0.2, 0.25) is 0 Å². The number of carbonyl (C=O) groups is 1. The highest BCUT2D eigenvalue weighted by Crippen LogP contribution is 2.14. The lowest BCUT2D eigenvalue weighted by Gasteiger charge is -2.06. The largest absolute Gasteiger partial charge is 0.497 e. The second-order valence-corrected chi connectivity index (χ2v) is 6.08. The Bertz CT molecular complexity index is 964. The van der Waals surface area contributed by atoms with E-state index in [1.54, 1.807) is 23.9 Å². The van der Waals surface area contributed by atoms with E-state index in [9.17, 15) is 4.79 Å². The Hall–Kier alpha value is -3.94. The molecule has 0 radical (unpaired) electrons. The average Bonchev–Trinajstić information content (AvgIpc) is 3.20. The molecule has 0 fully saturated rings. The van der Waals surface area contributed by atoms with E-state index in [0.717, 1.165) is 17.0 Å². The van der Waals surface area contributed by atoms with Gasteiger partial charge in [-0.25, -0.2) is 10.1 Å². The number of hydrogen-bond donors (Lipinski definition) is 2. The summed E-state index contributed by atoms with van der Waals surface area (Å²) in [6.07, 6.45) is 6.78. The van der Waals surface area contributed by atoms with Crippen molar-refractivity contribution in [3.05, 3.63) is 78.1 Å². The minimum atomic E-state index is -0.251. The number of hydrazone groups is 1. The van der Waals surface area contributed by atoms with Crippen LogP contribution < -0.4 is 15.5 Å². The summed E-state index contributed by atoms with van der Waals surface area (Å²) in [6.45, 7) is 0.772. The summed E-state index contributed by atoms with van der Waals surface area (Å²) in [7, 11) is 1.61. The van der Waals surface area contributed by atoms with Crippen LogP contribution in [0.2, 0.25) is 0 Å². The number of aromatic nitrogens is 3. The van der Waals surface area contributed by atoms with E-state index < -0.39 is 0 Å². The highest BCUT2D eigenvalue weighted by molar-refractivity contribution is 5.83. The van der Waals surface area contributed by atoms with Crippen LogP contribution in [0.1, 0.15) is 11.3 Å². The smallest absolute Gasteiger partial charge is 0.259 e. The van der Waals surface area contributed by atoms with Crippen molar-refractivity contribution >= 4 is 23.9 Å². The third-order valence-corrected chi connectivity index (χ3v) is 3.90. The molecule has 8 heteroatoms. The first-order valence-electron chi connectivity index (χ1n) is 9.03. The number of nitrogens with one attached hydrogen (secondary N) is 2. The van der Waals surface area contributed by atoms with Gasteiger partial charge < -0.3 is 10.1 Å². The SMILES string of the molecule is COc1ccc(NCC(=O)N/N=C/C=C/c2cn(Cc3ccccc3)nn2)cc1. The second-order valence-electron chi connectivity index (χ2n) is 6.08. The van der Waals surface area contributed by atoms with E-state index in [1.165, 1.54) is 6.21 Å². The molecule has 148 valence electrons. The van der Waals surface area contributed by atoms with Gasteiger partial charge in [0.15, 0.2) is 0 Å². The maximum absolute atomic E-state index is 11.8. The lowest BCUT2D eigenvalue weighted by atomic mass is 10.2. The predicted octanol–water partition coefficient (Wildman–Crippen LogP) is 2.56. The molecular formula is C21H22N6O2. The Balaban J connectivity index is 1.39. The zero-order valence-electron chi connectivity index (χ0n) is 16.0. The molecule has 3 aromatic rings. The Kier molecular flexibility index (Phi) is 7.11. The van der Waals surface area contributed by atoms with E-state index in [1.807, 2.05) is 60.8 Å². The van der Waals surface area contributed by atoms with E-state index in [0.29, 0.717) is 12.2 Å². The van der Waals surface area contributed by atoms with Gasteiger partial charge >= 0.3 is 0 Å². The van der Waals surface area contributed by atoms with Crippen molar-refractivity contribution < 1.29 is 9.53 Å². The number of rotatable bonds is 9. The third kappa shape index (κ3) is 6.62. The predicted molar refractivity (Wildman–Crippen MR) is 113 cm³/mol. The molecule has 0 unspecified atom stereocenters. The zero-order valence-corrected chi connectivity index (χ0v) is 16.0. The number of methoxy groups -OCH3 is 1. The van der Waals surface area contributed by atoms with Gasteiger partial charge in [0.05, 0.1) is 26.4 Å². The van der Waals surface area contributed by atoms with Crippen LogP contribution in [-0.4, -0.2) is 40.8 Å². The quantitative estimate of drug-likeness (QED) is 0.433. The van der Waals surface area contributed by atoms with Crippen molar-refractivity contribution in [1.82, 2.24) is 20.4 Å². The summed E-state index contributed by atoms with van der Waals surface area (Å²) in [5.74, 6) is 0.510. The summed E-state index contributed by atoms with van der Waals surface area (Å²) < 4.78 is 6.85. The fourth-order valence-corrected chi connectivity index (χ4v) is 2.46. The number of anilines is 1. The number of carbonyl (C=O) groups excluding carboxylic acids is 1. The molecular weight excluding hydrogens is 368 g/mol. The molecule has 0 spiro atoms. The van der Waals surface area contributed by atoms with Crippen molar-refractivity contribution in [2.75, 3.05) is 19.0 Å². The van der Waals surface area contributed by atoms with Crippen molar-refractivity contribution in [3.63, 3.8) is 0 Å². The first-order chi connectivity index (χ1) is 14.2. The highest BCUT2D eigenvalue weighted by atomic mass is 16.5. The van der Waals surface area contributed by atoms with Gasteiger partial charge in [-0.1, -0.05) is 35.5 Å². The van der Waals surface area contributed by atoms with Crippen LogP contribution in [0.4, 0.5) is 5.69 Å². The van der Waals surface area contributed by atoms with Crippen LogP contribution in [-0.2, 0) is 11.3 Å². The van der Waals surface area contributed by atoms with Gasteiger partial charge in [0.25, 0.3) is 5.91 Å². The van der Waals surface area contributed by atoms with Gasteiger partial charge in [-0.3, -0.25) is 4.79 Å². The molecule has 1 aromatic heterocycles. The van der Waals surface area contributed by atoms with Crippen LogP contribution in [0.5, 0.6) is 5.75 Å². The summed E-state index contributed by atoms with van der Waals surface area (Å²) in [4.78, 5) is 11.8. The summed E-state index contributed by atoms with van der Waals surface area (Å²) in [6, 6.07) is 17.3. The van der Waals surface area contributed by atoms with E-state index in [-0.39, 0.29) is 12.5 Å². The molecule has 3 rings (SSSR count). The van der Waals surface area contributed by atoms with Crippen molar-refractivity contribution in [2.45, 2.75) is 6.54 Å². The fraction of sp³-hybridized carbons (Fsp3) is 0.143. The van der Waals surface area contributed by atoms with Gasteiger partial charge in [-0.15, -0.1) is 5.10 Å². The lowest BCUT2D eigenvalue weighted by Crippen LogP contribution is -2.25. The summed E-state index contributed by atoms with van der Waals surface area (Å²) in [5.41, 5.74) is 5.13. The minimum Gasteiger partial charge on any atom is -0.497 e. The highest BCUT2D eigenvalue weighted by Gasteiger charge is 2.00. The first-order valence-corrected chi connectivity index (χ1v) is 9.03. The molecule has 0 aliphatic rings. The van der Waals surface area contributed by atoms with Crippen LogP contribution in [0.25, 0.3) is 6.08 Å². The normalized spacial score (nSPS) is 11.1. The molecule has 0 bridgehead atoms. The number of allylic oxidation sites excluding steroid dienone is 1. The summed E-state index contributed by atoms with van der Waals surface area (Å²) >= 11 is 0. The van der Waals surface area contributed by atoms with Crippen LogP contribution in [0.3, 0.4) is 0 Å². The van der Waals surface area contributed by atoms with Gasteiger partial charge in [-0.2, -0.15) is 5.10 Å². The van der Waals surface area contributed by atoms with Gasteiger partial charge in [0.1, 0.15) is 11.4 Å². The van der Waals surface area contributed by atoms with Crippen molar-refractivity contribution in [1.29, 1.82) is 0 Å². The number of benzene rings is 2. The Morgan fingerprint density at radius 2 is 1.97 bits per heavy atom. The number of nitrogens with zero attached hydrogens (tertiary/aromatic N) is 4. The van der Waals surface area contributed by atoms with E-state index >= 15 is 0 Å². The molecule has 2 N–H and O–H groups in total. The van der Waals surface area contributed by atoms with Crippen molar-refractivity contribution in [2.24, 2.45) is 5.10 Å². The molecule has 29 heavy (non-hydrogen) atoms. The average molecular weight is 390 g/mol. The Morgan fingerprint density at radius 1 is 1.17 bits per heavy atom. The van der Waals surface area contributed by atoms with Crippen LogP contribution >= 0.6 is 0 Å². The zero-order chi connectivity index (χ0) is 20.3. The maximum Gasteiger partial charge on any atom is 0.259 e. The molecule has 0 saturated heterocycles. The standard InChI is InChI=1S/C21H22N6O2/c1-29-20-11-9-18(10-12-20)22-14-21(28)25-23-13-5-8-19-16-27(26-24-19)15-17-6-3-2-4-7-17/h2-13,16,22H,14-15H2,1H3,(H,25,28)/b8-5+,23-13+. The number of hydrogen-bond acceptors (Lipinski definition) is 6. The molecule has 8 nitrogen and oxygen atoms in total.